The van der Waals surface area contributed by atoms with Gasteiger partial charge in [-0.05, 0) is 44.2 Å². The van der Waals surface area contributed by atoms with Crippen molar-refractivity contribution < 1.29 is 33.3 Å². The Kier molecular flexibility index (Phi) is 7.70. The standard InChI is InChI=1S/C29H32F2N2O6/c1-2-38-28(36)22-15-33(19-8-9-19)25-21(26(22)35)12-23(30)24(31)27(25)39-16-20-13-29(37,17-34)10-11-32(20)14-18-6-4-3-5-7-18/h3-7,12,15,19-20,34,37H,2,8-11,13-14,16-17H2,1H3/t20-,29?/m1/s1. The molecule has 2 aromatic carbocycles. The number of piperidine rings is 1. The Labute approximate surface area is 224 Å². The van der Waals surface area contributed by atoms with Crippen LogP contribution in [-0.2, 0) is 11.3 Å². The third-order valence-corrected chi connectivity index (χ3v) is 7.54. The molecule has 8 nitrogen and oxygen atoms in total. The molecule has 2 atom stereocenters. The normalized spacial score (nSPS) is 21.7. The van der Waals surface area contributed by atoms with Crippen molar-refractivity contribution in [1.29, 1.82) is 0 Å². The number of esters is 1. The molecule has 0 amide bonds. The van der Waals surface area contributed by atoms with Gasteiger partial charge >= 0.3 is 5.97 Å². The van der Waals surface area contributed by atoms with Crippen molar-refractivity contribution >= 4 is 16.9 Å². The number of carbonyl (C=O) groups excluding carboxylic acids is 1. The Balaban J connectivity index is 1.53. The number of hydrogen-bond donors (Lipinski definition) is 2. The first-order valence-electron chi connectivity index (χ1n) is 13.2. The Morgan fingerprint density at radius 1 is 1.21 bits per heavy atom. The highest BCUT2D eigenvalue weighted by Gasteiger charge is 2.39. The summed E-state index contributed by atoms with van der Waals surface area (Å²) in [6.07, 6.45) is 3.35. The second-order valence-electron chi connectivity index (χ2n) is 10.4. The van der Waals surface area contributed by atoms with E-state index in [-0.39, 0.29) is 42.1 Å². The van der Waals surface area contributed by atoms with Crippen LogP contribution in [0.2, 0.25) is 0 Å². The Bertz CT molecular complexity index is 1430. The second kappa shape index (κ2) is 11.0. The monoisotopic (exact) mass is 542 g/mol. The number of ether oxygens (including phenoxy) is 2. The molecular formula is C29H32F2N2O6. The average molecular weight is 543 g/mol. The van der Waals surface area contributed by atoms with Gasteiger partial charge in [0.1, 0.15) is 12.2 Å². The molecule has 1 saturated heterocycles. The van der Waals surface area contributed by atoms with E-state index in [0.29, 0.717) is 19.5 Å². The summed E-state index contributed by atoms with van der Waals surface area (Å²) in [5.74, 6) is -3.74. The molecule has 5 rings (SSSR count). The predicted octanol–water partition coefficient (Wildman–Crippen LogP) is 3.56. The Hall–Kier alpha value is -3.34. The first kappa shape index (κ1) is 27.2. The SMILES string of the molecule is CCOC(=O)c1cn(C2CC2)c2c(OC[C@H]3CC(O)(CO)CCN3Cc3ccccc3)c(F)c(F)cc2c1=O. The summed E-state index contributed by atoms with van der Waals surface area (Å²) in [5.41, 5.74) is -1.22. The van der Waals surface area contributed by atoms with E-state index in [9.17, 15) is 24.2 Å². The van der Waals surface area contributed by atoms with Gasteiger partial charge in [0.25, 0.3) is 0 Å². The number of hydrogen-bond acceptors (Lipinski definition) is 7. The van der Waals surface area contributed by atoms with Crippen LogP contribution in [0, 0.1) is 11.6 Å². The van der Waals surface area contributed by atoms with Crippen LogP contribution in [0.1, 0.15) is 54.6 Å². The fourth-order valence-corrected chi connectivity index (χ4v) is 5.27. The van der Waals surface area contributed by atoms with Crippen molar-refractivity contribution in [2.24, 2.45) is 0 Å². The van der Waals surface area contributed by atoms with Crippen molar-refractivity contribution in [3.05, 3.63) is 75.6 Å². The number of halogens is 2. The number of rotatable bonds is 9. The van der Waals surface area contributed by atoms with E-state index < -0.39 is 47.0 Å². The number of pyridine rings is 1. The van der Waals surface area contributed by atoms with Crippen LogP contribution in [0.5, 0.6) is 5.75 Å². The molecule has 1 aliphatic heterocycles. The maximum atomic E-state index is 15.3. The van der Waals surface area contributed by atoms with Crippen LogP contribution in [0.3, 0.4) is 0 Å². The van der Waals surface area contributed by atoms with E-state index in [0.717, 1.165) is 24.5 Å². The molecule has 2 fully saturated rings. The van der Waals surface area contributed by atoms with E-state index in [1.54, 1.807) is 11.5 Å². The summed E-state index contributed by atoms with van der Waals surface area (Å²) in [7, 11) is 0. The lowest BCUT2D eigenvalue weighted by Crippen LogP contribution is -2.53. The van der Waals surface area contributed by atoms with Gasteiger partial charge in [0.15, 0.2) is 11.6 Å². The second-order valence-corrected chi connectivity index (χ2v) is 10.4. The highest BCUT2D eigenvalue weighted by atomic mass is 19.2. The van der Waals surface area contributed by atoms with Gasteiger partial charge in [0.05, 0.1) is 29.7 Å². The predicted molar refractivity (Wildman–Crippen MR) is 140 cm³/mol. The quantitative estimate of drug-likeness (QED) is 0.399. The lowest BCUT2D eigenvalue weighted by atomic mass is 9.87. The van der Waals surface area contributed by atoms with Crippen molar-refractivity contribution in [3.8, 4) is 5.75 Å². The van der Waals surface area contributed by atoms with Gasteiger partial charge in [-0.1, -0.05) is 30.3 Å². The van der Waals surface area contributed by atoms with Crippen LogP contribution in [-0.4, -0.2) is 63.7 Å². The number of benzene rings is 2. The molecule has 1 saturated carbocycles. The van der Waals surface area contributed by atoms with E-state index in [4.69, 9.17) is 9.47 Å². The van der Waals surface area contributed by atoms with Gasteiger partial charge in [-0.2, -0.15) is 4.39 Å². The number of fused-ring (bicyclic) bond motifs is 1. The summed E-state index contributed by atoms with van der Waals surface area (Å²) in [6, 6.07) is 9.96. The highest BCUT2D eigenvalue weighted by Crippen LogP contribution is 2.41. The average Bonchev–Trinajstić information content (AvgIpc) is 3.77. The molecule has 0 bridgehead atoms. The zero-order chi connectivity index (χ0) is 27.7. The van der Waals surface area contributed by atoms with Gasteiger partial charge in [0, 0.05) is 31.4 Å². The van der Waals surface area contributed by atoms with E-state index in [2.05, 4.69) is 4.90 Å². The first-order valence-corrected chi connectivity index (χ1v) is 13.2. The third kappa shape index (κ3) is 5.54. The number of carbonyl (C=O) groups is 1. The Morgan fingerprint density at radius 3 is 2.62 bits per heavy atom. The molecule has 10 heteroatoms. The summed E-state index contributed by atoms with van der Waals surface area (Å²) < 4.78 is 42.7. The summed E-state index contributed by atoms with van der Waals surface area (Å²) in [5, 5.41) is 20.5. The maximum Gasteiger partial charge on any atom is 0.343 e. The minimum atomic E-state index is -1.32. The molecular weight excluding hydrogens is 510 g/mol. The van der Waals surface area contributed by atoms with Crippen molar-refractivity contribution in [1.82, 2.24) is 9.47 Å². The zero-order valence-corrected chi connectivity index (χ0v) is 21.7. The first-order chi connectivity index (χ1) is 18.7. The van der Waals surface area contributed by atoms with Crippen molar-refractivity contribution in [2.75, 3.05) is 26.4 Å². The van der Waals surface area contributed by atoms with E-state index >= 15 is 4.39 Å². The Morgan fingerprint density at radius 2 is 1.95 bits per heavy atom. The van der Waals surface area contributed by atoms with Gasteiger partial charge in [-0.25, -0.2) is 9.18 Å². The number of aromatic nitrogens is 1. The third-order valence-electron chi connectivity index (χ3n) is 7.54. The molecule has 0 radical (unpaired) electrons. The largest absolute Gasteiger partial charge is 0.487 e. The molecule has 2 N–H and O–H groups in total. The molecule has 1 aliphatic carbocycles. The zero-order valence-electron chi connectivity index (χ0n) is 21.7. The molecule has 208 valence electrons. The summed E-state index contributed by atoms with van der Waals surface area (Å²) >= 11 is 0. The molecule has 39 heavy (non-hydrogen) atoms. The van der Waals surface area contributed by atoms with Gasteiger partial charge in [-0.15, -0.1) is 0 Å². The summed E-state index contributed by atoms with van der Waals surface area (Å²) in [6.45, 7) is 2.12. The van der Waals surface area contributed by atoms with Crippen LogP contribution >= 0.6 is 0 Å². The molecule has 1 unspecified atom stereocenters. The smallest absolute Gasteiger partial charge is 0.343 e. The molecule has 1 aromatic heterocycles. The van der Waals surface area contributed by atoms with E-state index in [1.165, 1.54) is 6.20 Å². The minimum absolute atomic E-state index is 0.0624. The van der Waals surface area contributed by atoms with Crippen molar-refractivity contribution in [2.45, 2.75) is 56.8 Å². The van der Waals surface area contributed by atoms with Gasteiger partial charge in [-0.3, -0.25) is 9.69 Å². The lowest BCUT2D eigenvalue weighted by molar-refractivity contribution is -0.0873. The fraction of sp³-hybridized carbons (Fsp3) is 0.448. The molecule has 2 heterocycles. The lowest BCUT2D eigenvalue weighted by Gasteiger charge is -2.43. The highest BCUT2D eigenvalue weighted by molar-refractivity contribution is 5.95. The molecule has 2 aliphatic rings. The van der Waals surface area contributed by atoms with Gasteiger partial charge in [0.2, 0.25) is 11.2 Å². The fourth-order valence-electron chi connectivity index (χ4n) is 5.27. The van der Waals surface area contributed by atoms with Crippen LogP contribution in [0.15, 0.2) is 47.4 Å². The minimum Gasteiger partial charge on any atom is -0.487 e. The van der Waals surface area contributed by atoms with Crippen LogP contribution < -0.4 is 10.2 Å². The molecule has 3 aromatic rings. The van der Waals surface area contributed by atoms with E-state index in [1.807, 2.05) is 30.3 Å². The van der Waals surface area contributed by atoms with Crippen molar-refractivity contribution in [3.63, 3.8) is 0 Å². The van der Waals surface area contributed by atoms with Gasteiger partial charge < -0.3 is 24.3 Å². The number of aliphatic hydroxyl groups is 2. The van der Waals surface area contributed by atoms with Crippen LogP contribution in [0.4, 0.5) is 8.78 Å². The summed E-state index contributed by atoms with van der Waals surface area (Å²) in [4.78, 5) is 27.8. The molecule has 0 spiro atoms. The number of nitrogens with zero attached hydrogens (tertiary/aromatic N) is 2. The number of aliphatic hydroxyl groups excluding tert-OH is 1. The van der Waals surface area contributed by atoms with Crippen LogP contribution in [0.25, 0.3) is 10.9 Å². The maximum absolute atomic E-state index is 15.3. The topological polar surface area (TPSA) is 101 Å². The number of likely N-dealkylation sites (tertiary alicyclic amines) is 1.